The molecule has 1 amide bonds. The van der Waals surface area contributed by atoms with Crippen LogP contribution in [0, 0.1) is 0 Å². The quantitative estimate of drug-likeness (QED) is 0.179. The first-order valence-electron chi connectivity index (χ1n) is 13.4. The maximum Gasteiger partial charge on any atom is 0.328 e. The van der Waals surface area contributed by atoms with Gasteiger partial charge in [0.05, 0.1) is 13.2 Å². The van der Waals surface area contributed by atoms with Crippen LogP contribution in [-0.2, 0) is 46.2 Å². The van der Waals surface area contributed by atoms with Crippen LogP contribution in [0.3, 0.4) is 0 Å². The zero-order valence-corrected chi connectivity index (χ0v) is 22.6. The molecular formula is C30H38N2O7. The standard InChI is InChI=1S/C30H38N2O7/c1-21(33)26-27(39-26)28(34)32-25(20-23-15-9-6-10-16-23)30(36)38-18-12-4-3-11-17-37-29(35)24(31-2)19-22-13-7-5-8-14-22/h5-10,13-16,24-27,31H,3-4,11-12,17-20H2,1-2H3,(H,32,34)/t24?,25?,26-,27+/m1/s1. The van der Waals surface area contributed by atoms with Crippen LogP contribution in [0.4, 0.5) is 0 Å². The molecule has 2 aromatic carbocycles. The summed E-state index contributed by atoms with van der Waals surface area (Å²) in [7, 11) is 1.74. The first kappa shape index (κ1) is 30.0. The van der Waals surface area contributed by atoms with Crippen LogP contribution in [-0.4, -0.2) is 68.2 Å². The molecule has 39 heavy (non-hydrogen) atoms. The Labute approximate surface area is 229 Å². The Bertz CT molecular complexity index is 1080. The Morgan fingerprint density at radius 1 is 0.744 bits per heavy atom. The van der Waals surface area contributed by atoms with Gasteiger partial charge in [0.1, 0.15) is 12.1 Å². The van der Waals surface area contributed by atoms with Crippen molar-refractivity contribution < 1.29 is 33.4 Å². The molecule has 0 aromatic heterocycles. The Morgan fingerprint density at radius 3 is 1.69 bits per heavy atom. The summed E-state index contributed by atoms with van der Waals surface area (Å²) in [6, 6.07) is 17.8. The Kier molecular flexibility index (Phi) is 12.1. The van der Waals surface area contributed by atoms with Gasteiger partial charge in [-0.25, -0.2) is 4.79 Å². The van der Waals surface area contributed by atoms with E-state index in [0.717, 1.165) is 24.0 Å². The number of hydrogen-bond acceptors (Lipinski definition) is 8. The summed E-state index contributed by atoms with van der Waals surface area (Å²) in [6.07, 6.45) is 2.23. The minimum absolute atomic E-state index is 0.217. The van der Waals surface area contributed by atoms with Crippen molar-refractivity contribution in [3.8, 4) is 0 Å². The van der Waals surface area contributed by atoms with Crippen molar-refractivity contribution in [3.05, 3.63) is 71.8 Å². The van der Waals surface area contributed by atoms with Crippen molar-refractivity contribution in [1.82, 2.24) is 10.6 Å². The zero-order valence-electron chi connectivity index (χ0n) is 22.6. The number of epoxide rings is 1. The fraction of sp³-hybridized carbons (Fsp3) is 0.467. The number of esters is 2. The Balaban J connectivity index is 1.33. The molecule has 4 atom stereocenters. The number of rotatable bonds is 17. The molecule has 0 aliphatic carbocycles. The molecule has 1 heterocycles. The van der Waals surface area contributed by atoms with Crippen LogP contribution in [0.2, 0.25) is 0 Å². The molecule has 9 heteroatoms. The molecule has 0 saturated carbocycles. The fourth-order valence-corrected chi connectivity index (χ4v) is 4.18. The zero-order chi connectivity index (χ0) is 28.0. The summed E-state index contributed by atoms with van der Waals surface area (Å²) >= 11 is 0. The number of ether oxygens (including phenoxy) is 3. The van der Waals surface area contributed by atoms with Crippen LogP contribution in [0.1, 0.15) is 43.7 Å². The molecule has 1 aliphatic heterocycles. The lowest BCUT2D eigenvalue weighted by atomic mass is 10.1. The van der Waals surface area contributed by atoms with Gasteiger partial charge in [-0.3, -0.25) is 14.4 Å². The number of ketones is 1. The lowest BCUT2D eigenvalue weighted by Crippen LogP contribution is -2.45. The van der Waals surface area contributed by atoms with Gasteiger partial charge in [-0.15, -0.1) is 0 Å². The van der Waals surface area contributed by atoms with Gasteiger partial charge >= 0.3 is 11.9 Å². The average Bonchev–Trinajstić information content (AvgIpc) is 3.75. The van der Waals surface area contributed by atoms with Crippen LogP contribution in [0.25, 0.3) is 0 Å². The molecule has 0 bridgehead atoms. The van der Waals surface area contributed by atoms with E-state index in [9.17, 15) is 19.2 Å². The third-order valence-electron chi connectivity index (χ3n) is 6.48. The fourth-order valence-electron chi connectivity index (χ4n) is 4.18. The molecule has 1 aliphatic rings. The summed E-state index contributed by atoms with van der Waals surface area (Å²) < 4.78 is 16.0. The maximum atomic E-state index is 12.8. The number of carbonyl (C=O) groups is 4. The van der Waals surface area contributed by atoms with E-state index < -0.39 is 36.2 Å². The second-order valence-electron chi connectivity index (χ2n) is 9.62. The number of hydrogen-bond donors (Lipinski definition) is 2. The van der Waals surface area contributed by atoms with E-state index in [1.54, 1.807) is 7.05 Å². The highest BCUT2D eigenvalue weighted by Crippen LogP contribution is 2.23. The van der Waals surface area contributed by atoms with E-state index in [2.05, 4.69) is 10.6 Å². The number of unbranched alkanes of at least 4 members (excludes halogenated alkanes) is 3. The monoisotopic (exact) mass is 538 g/mol. The van der Waals surface area contributed by atoms with Gasteiger partial charge in [-0.1, -0.05) is 60.7 Å². The Hall–Kier alpha value is -3.56. The Morgan fingerprint density at radius 2 is 1.23 bits per heavy atom. The van der Waals surface area contributed by atoms with Gasteiger partial charge in [0.15, 0.2) is 18.0 Å². The van der Waals surface area contributed by atoms with Gasteiger partial charge in [-0.2, -0.15) is 0 Å². The van der Waals surface area contributed by atoms with Crippen LogP contribution < -0.4 is 10.6 Å². The van der Waals surface area contributed by atoms with E-state index in [0.29, 0.717) is 25.9 Å². The highest BCUT2D eigenvalue weighted by molar-refractivity contribution is 5.96. The van der Waals surface area contributed by atoms with E-state index in [-0.39, 0.29) is 24.8 Å². The van der Waals surface area contributed by atoms with Gasteiger partial charge in [0.2, 0.25) is 0 Å². The molecule has 1 fully saturated rings. The molecule has 0 radical (unpaired) electrons. The lowest BCUT2D eigenvalue weighted by molar-refractivity contribution is -0.148. The molecule has 0 spiro atoms. The van der Waals surface area contributed by atoms with Gasteiger partial charge in [0.25, 0.3) is 5.91 Å². The van der Waals surface area contributed by atoms with Crippen molar-refractivity contribution in [2.24, 2.45) is 0 Å². The first-order valence-corrected chi connectivity index (χ1v) is 13.4. The molecular weight excluding hydrogens is 500 g/mol. The summed E-state index contributed by atoms with van der Waals surface area (Å²) in [5.41, 5.74) is 1.94. The lowest BCUT2D eigenvalue weighted by Gasteiger charge is -2.17. The first-order chi connectivity index (χ1) is 18.9. The largest absolute Gasteiger partial charge is 0.465 e. The van der Waals surface area contributed by atoms with E-state index >= 15 is 0 Å². The third kappa shape index (κ3) is 10.3. The molecule has 2 unspecified atom stereocenters. The predicted octanol–water partition coefficient (Wildman–Crippen LogP) is 2.55. The smallest absolute Gasteiger partial charge is 0.328 e. The van der Waals surface area contributed by atoms with Crippen molar-refractivity contribution in [2.75, 3.05) is 20.3 Å². The van der Waals surface area contributed by atoms with Crippen molar-refractivity contribution in [1.29, 1.82) is 0 Å². The summed E-state index contributed by atoms with van der Waals surface area (Å²) in [6.45, 7) is 1.92. The number of nitrogens with one attached hydrogen (secondary N) is 2. The van der Waals surface area contributed by atoms with Crippen molar-refractivity contribution in [3.63, 3.8) is 0 Å². The normalized spacial score (nSPS) is 17.5. The number of benzene rings is 2. The number of amides is 1. The van der Waals surface area contributed by atoms with E-state index in [1.807, 2.05) is 60.7 Å². The van der Waals surface area contributed by atoms with Gasteiger partial charge < -0.3 is 24.8 Å². The summed E-state index contributed by atoms with van der Waals surface area (Å²) in [5.74, 6) is -1.52. The second-order valence-corrected chi connectivity index (χ2v) is 9.62. The number of likely N-dealkylation sites (N-methyl/N-ethyl adjacent to an activating group) is 1. The van der Waals surface area contributed by atoms with Crippen LogP contribution in [0.15, 0.2) is 60.7 Å². The second kappa shape index (κ2) is 15.8. The highest BCUT2D eigenvalue weighted by Gasteiger charge is 2.49. The minimum Gasteiger partial charge on any atom is -0.465 e. The van der Waals surface area contributed by atoms with Gasteiger partial charge in [0, 0.05) is 6.42 Å². The third-order valence-corrected chi connectivity index (χ3v) is 6.48. The SMILES string of the molecule is CNC(Cc1ccccc1)C(=O)OCCCCCCOC(=O)C(Cc1ccccc1)NC(=O)[C@H]1O[C@@H]1C(C)=O. The van der Waals surface area contributed by atoms with Crippen LogP contribution in [0.5, 0.6) is 0 Å². The average molecular weight is 539 g/mol. The van der Waals surface area contributed by atoms with Crippen molar-refractivity contribution >= 4 is 23.6 Å². The topological polar surface area (TPSA) is 123 Å². The minimum atomic E-state index is -0.882. The molecule has 210 valence electrons. The van der Waals surface area contributed by atoms with Crippen molar-refractivity contribution in [2.45, 2.75) is 69.7 Å². The van der Waals surface area contributed by atoms with E-state index in [1.165, 1.54) is 6.92 Å². The molecule has 1 saturated heterocycles. The molecule has 2 N–H and O–H groups in total. The van der Waals surface area contributed by atoms with E-state index in [4.69, 9.17) is 14.2 Å². The maximum absolute atomic E-state index is 12.8. The predicted molar refractivity (Wildman–Crippen MR) is 145 cm³/mol. The summed E-state index contributed by atoms with van der Waals surface area (Å²) in [4.78, 5) is 49.0. The number of carbonyl (C=O) groups excluding carboxylic acids is 4. The summed E-state index contributed by atoms with van der Waals surface area (Å²) in [5, 5.41) is 5.69. The molecule has 9 nitrogen and oxygen atoms in total. The van der Waals surface area contributed by atoms with Gasteiger partial charge in [-0.05, 0) is 57.2 Å². The molecule has 2 aromatic rings. The highest BCUT2D eigenvalue weighted by atomic mass is 16.6. The number of Topliss-reactive ketones (excluding diaryl/α,β-unsaturated/α-hetero) is 1. The molecule has 3 rings (SSSR count). The van der Waals surface area contributed by atoms with Crippen LogP contribution >= 0.6 is 0 Å².